The van der Waals surface area contributed by atoms with Crippen LogP contribution in [0.3, 0.4) is 0 Å². The van der Waals surface area contributed by atoms with Gasteiger partial charge in [0.15, 0.2) is 28.7 Å². The number of hydrogen-bond donors (Lipinski definition) is 6. The molecule has 80 heavy (non-hydrogen) atoms. The predicted molar refractivity (Wildman–Crippen MR) is 300 cm³/mol. The van der Waals surface area contributed by atoms with Gasteiger partial charge in [0.05, 0.1) is 31.6 Å². The number of Topliss-reactive ketones (excluding diaryl/α,β-unsaturated/α-hetero) is 3. The number of ketones is 3. The fraction of sp³-hybridized carbons (Fsp3) is 0.393. The van der Waals surface area contributed by atoms with Crippen LogP contribution in [0.1, 0.15) is 112 Å². The Kier molecular flexibility index (Phi) is 25.7. The van der Waals surface area contributed by atoms with Crippen molar-refractivity contribution in [2.45, 2.75) is 110 Å². The Bertz CT molecular complexity index is 3180. The first-order valence-corrected chi connectivity index (χ1v) is 24.7. The predicted octanol–water partition coefficient (Wildman–Crippen LogP) is 4.08. The largest absolute Gasteiger partial charge is 1.00 e. The number of rotatable bonds is 15. The van der Waals surface area contributed by atoms with Crippen LogP contribution in [0.2, 0.25) is 0 Å². The van der Waals surface area contributed by atoms with Crippen molar-refractivity contribution in [2.24, 2.45) is 22.0 Å². The van der Waals surface area contributed by atoms with Crippen LogP contribution in [0, 0.1) is 57.1 Å². The van der Waals surface area contributed by atoms with E-state index in [2.05, 4.69) is 45.3 Å². The van der Waals surface area contributed by atoms with Crippen molar-refractivity contribution in [2.75, 3.05) is 42.8 Å². The molecule has 24 heteroatoms. The van der Waals surface area contributed by atoms with Crippen LogP contribution in [-0.4, -0.2) is 78.0 Å². The molecular formula is C56H72N15NaO8. The van der Waals surface area contributed by atoms with E-state index in [0.717, 1.165) is 22.9 Å². The van der Waals surface area contributed by atoms with Crippen molar-refractivity contribution in [3.63, 3.8) is 0 Å². The van der Waals surface area contributed by atoms with Crippen LogP contribution in [-0.2, 0) is 34.0 Å². The van der Waals surface area contributed by atoms with Crippen molar-refractivity contribution < 1.29 is 68.1 Å². The molecule has 0 saturated carbocycles. The third kappa shape index (κ3) is 21.2. The standard InChI is InChI=1S/C23H28N6O3.C13H17N3O2.C13H21N3O2.C7H7N3O.Na/c1-15-17(19(10-21(24)26-15)32-14-20(30)23(2,3)4)11-25-22(31)18-13-29(28-27-18)12-16-8-6-5-7-9-16;1-8-12(15-5)9(6-11(14)16-8)18-7-10(17)13(2,3)4;1-8-9(6-14)10(5-12(15)16-8)18-7-11(17)13(2,3)4;1-4-7(9-2)5(11)3-6(8)10-4;/h5-10,13H,11-12,14H2,1-4H3,(H2,24,26)(H,25,31);6H,7H2,1-4H3,(H2,14,16);5H,6-7,14H2,1-4H3,(H2,15,16);3H,1H3,(H3,8,10,11);/q;;;;+1/p-1. The van der Waals surface area contributed by atoms with Crippen molar-refractivity contribution in [1.82, 2.24) is 40.2 Å². The van der Waals surface area contributed by atoms with Crippen LogP contribution < -0.4 is 82.9 Å². The van der Waals surface area contributed by atoms with E-state index >= 15 is 0 Å². The van der Waals surface area contributed by atoms with Crippen LogP contribution in [0.5, 0.6) is 23.0 Å². The van der Waals surface area contributed by atoms with Crippen molar-refractivity contribution >= 4 is 57.9 Å². The molecule has 0 saturated heterocycles. The number of anilines is 4. The number of carbonyl (C=O) groups is 4. The number of nitrogen functional groups attached to an aromatic ring is 4. The van der Waals surface area contributed by atoms with Gasteiger partial charge < -0.3 is 53.3 Å². The number of amides is 1. The Morgan fingerprint density at radius 3 is 1.45 bits per heavy atom. The van der Waals surface area contributed by atoms with Crippen LogP contribution in [0.4, 0.5) is 34.6 Å². The number of nitrogens with one attached hydrogen (secondary N) is 1. The first kappa shape index (κ1) is 67.9. The number of aryl methyl sites for hydroxylation is 4. The van der Waals surface area contributed by atoms with Gasteiger partial charge in [0.1, 0.15) is 60.3 Å². The molecule has 11 N–H and O–H groups in total. The molecule has 0 radical (unpaired) electrons. The number of aromatic nitrogens is 7. The maximum absolute atomic E-state index is 12.6. The summed E-state index contributed by atoms with van der Waals surface area (Å²) in [6.45, 7) is 37.9. The molecule has 0 spiro atoms. The second kappa shape index (κ2) is 30.2. The normalized spacial score (nSPS) is 10.8. The van der Waals surface area contributed by atoms with E-state index in [9.17, 15) is 24.3 Å². The number of nitrogens with zero attached hydrogens (tertiary/aromatic N) is 9. The summed E-state index contributed by atoms with van der Waals surface area (Å²) in [5.74, 6) is 1.57. The average molecular weight is 1110 g/mol. The summed E-state index contributed by atoms with van der Waals surface area (Å²) in [5.41, 5.74) is 31.9. The Balaban J connectivity index is 0.000000391. The van der Waals surface area contributed by atoms with Crippen LogP contribution in [0.25, 0.3) is 9.69 Å². The average Bonchev–Trinajstić information content (AvgIpc) is 3.81. The number of carbonyl (C=O) groups excluding carboxylic acids is 4. The molecule has 0 aliphatic rings. The Morgan fingerprint density at radius 2 is 1.01 bits per heavy atom. The number of nitrogens with two attached hydrogens (primary N) is 5. The minimum Gasteiger partial charge on any atom is -0.881 e. The van der Waals surface area contributed by atoms with E-state index in [1.165, 1.54) is 6.07 Å². The smallest absolute Gasteiger partial charge is 0.881 e. The number of hydrogen-bond acceptors (Lipinski definition) is 19. The number of benzene rings is 1. The Labute approximate surface area is 489 Å². The topological polar surface area (TPSA) is 352 Å². The summed E-state index contributed by atoms with van der Waals surface area (Å²) < 4.78 is 18.3. The van der Waals surface area contributed by atoms with Gasteiger partial charge in [0.25, 0.3) is 5.91 Å². The summed E-state index contributed by atoms with van der Waals surface area (Å²) in [6.07, 6.45) is 1.59. The summed E-state index contributed by atoms with van der Waals surface area (Å²) in [7, 11) is 0. The van der Waals surface area contributed by atoms with Gasteiger partial charge >= 0.3 is 29.6 Å². The SMILES string of the molecule is Cc1nc(N)cc(OCC(=O)C(C)(C)C)c1CN.Cc1nc(N)cc(OCC(=O)C(C)(C)C)c1CNC(=O)c1cn(Cc2ccccc2)nn1.[C-]#[N+]c1c(OCC(=O)C(C)(C)C)cc(N)nc1C.[C-]#[N+]c1c([O-])cc(N)nc1C.[Na+]. The maximum Gasteiger partial charge on any atom is 1.00 e. The van der Waals surface area contributed by atoms with Gasteiger partial charge in [0.2, 0.25) is 5.69 Å². The summed E-state index contributed by atoms with van der Waals surface area (Å²) in [4.78, 5) is 70.9. The molecule has 5 heterocycles. The van der Waals surface area contributed by atoms with Crippen molar-refractivity contribution in [3.8, 4) is 23.0 Å². The summed E-state index contributed by atoms with van der Waals surface area (Å²) >= 11 is 0. The van der Waals surface area contributed by atoms with Crippen LogP contribution in [0.15, 0.2) is 60.8 Å². The van der Waals surface area contributed by atoms with E-state index in [-0.39, 0.29) is 114 Å². The molecule has 6 aromatic rings. The second-order valence-corrected chi connectivity index (χ2v) is 21.0. The molecule has 6 rings (SSSR count). The molecule has 420 valence electrons. The molecule has 0 aliphatic heterocycles. The van der Waals surface area contributed by atoms with Gasteiger partial charge in [-0.1, -0.05) is 97.9 Å². The molecule has 0 fully saturated rings. The van der Waals surface area contributed by atoms with Gasteiger partial charge in [-0.3, -0.25) is 19.2 Å². The number of ether oxygens (including phenoxy) is 3. The zero-order valence-electron chi connectivity index (χ0n) is 48.2. The molecule has 1 amide bonds. The van der Waals surface area contributed by atoms with Gasteiger partial charge in [-0.2, -0.15) is 0 Å². The summed E-state index contributed by atoms with van der Waals surface area (Å²) in [5, 5.41) is 21.7. The first-order valence-electron chi connectivity index (χ1n) is 24.7. The molecule has 0 atom stereocenters. The third-order valence-electron chi connectivity index (χ3n) is 11.3. The molecule has 23 nitrogen and oxygen atoms in total. The molecule has 0 bridgehead atoms. The first-order chi connectivity index (χ1) is 36.8. The monoisotopic (exact) mass is 1110 g/mol. The van der Waals surface area contributed by atoms with Gasteiger partial charge in [0, 0.05) is 75.7 Å². The Morgan fingerprint density at radius 1 is 0.613 bits per heavy atom. The van der Waals surface area contributed by atoms with E-state index in [0.29, 0.717) is 64.5 Å². The van der Waals surface area contributed by atoms with E-state index in [1.807, 2.05) is 99.6 Å². The number of pyridine rings is 4. The minimum absolute atomic E-state index is 0. The summed E-state index contributed by atoms with van der Waals surface area (Å²) in [6, 6.07) is 15.6. The van der Waals surface area contributed by atoms with Crippen LogP contribution >= 0.6 is 0 Å². The van der Waals surface area contributed by atoms with Crippen molar-refractivity contribution in [3.05, 3.63) is 129 Å². The third-order valence-corrected chi connectivity index (χ3v) is 11.3. The molecule has 5 aromatic heterocycles. The van der Waals surface area contributed by atoms with E-state index in [4.69, 9.17) is 56.0 Å². The zero-order chi connectivity index (χ0) is 59.6. The van der Waals surface area contributed by atoms with E-state index in [1.54, 1.807) is 43.8 Å². The second-order valence-electron chi connectivity index (χ2n) is 21.0. The molecule has 1 aromatic carbocycles. The van der Waals surface area contributed by atoms with Gasteiger partial charge in [-0.25, -0.2) is 34.3 Å². The van der Waals surface area contributed by atoms with Gasteiger partial charge in [-0.05, 0) is 39.3 Å². The minimum atomic E-state index is -0.520. The quantitative estimate of drug-likeness (QED) is 0.0623. The molecular weight excluding hydrogens is 1030 g/mol. The maximum atomic E-state index is 12.6. The van der Waals surface area contributed by atoms with Gasteiger partial charge in [-0.15, -0.1) is 10.8 Å². The van der Waals surface area contributed by atoms with E-state index < -0.39 is 16.2 Å². The molecule has 0 unspecified atom stereocenters. The Hall–Kier alpha value is -8.22. The molecule has 0 aliphatic carbocycles. The van der Waals surface area contributed by atoms with Crippen molar-refractivity contribution in [1.29, 1.82) is 0 Å². The fourth-order valence-corrected chi connectivity index (χ4v) is 6.40. The zero-order valence-corrected chi connectivity index (χ0v) is 50.2. The fourth-order valence-electron chi connectivity index (χ4n) is 6.40.